The molecule has 0 saturated carbocycles. The Morgan fingerprint density at radius 1 is 1.12 bits per heavy atom. The number of carbonyl (C=O) groups excluding carboxylic acids is 1. The summed E-state index contributed by atoms with van der Waals surface area (Å²) in [6.07, 6.45) is 2.97. The Kier molecular flexibility index (Phi) is 6.24. The molecule has 34 heavy (non-hydrogen) atoms. The number of anilines is 1. The van der Waals surface area contributed by atoms with Gasteiger partial charge in [-0.3, -0.25) is 4.79 Å². The van der Waals surface area contributed by atoms with Crippen LogP contribution < -0.4 is 5.32 Å². The van der Waals surface area contributed by atoms with Crippen molar-refractivity contribution >= 4 is 43.9 Å². The number of nitrogens with one attached hydrogen (secondary N) is 1. The zero-order valence-corrected chi connectivity index (χ0v) is 20.5. The van der Waals surface area contributed by atoms with E-state index in [-0.39, 0.29) is 12.5 Å². The van der Waals surface area contributed by atoms with Crippen LogP contribution in [-0.4, -0.2) is 41.5 Å². The van der Waals surface area contributed by atoms with Crippen LogP contribution in [0.1, 0.15) is 23.3 Å². The number of hydrogen-bond acceptors (Lipinski definition) is 5. The fraction of sp³-hybridized carbons (Fsp3) is 0.280. The Morgan fingerprint density at radius 2 is 1.94 bits per heavy atom. The van der Waals surface area contributed by atoms with Crippen LogP contribution in [0, 0.1) is 12.8 Å². The van der Waals surface area contributed by atoms with Gasteiger partial charge in [-0.05, 0) is 48.2 Å². The molecule has 1 atom stereocenters. The molecule has 1 unspecified atom stereocenters. The Balaban J connectivity index is 1.30. The van der Waals surface area contributed by atoms with Gasteiger partial charge >= 0.3 is 0 Å². The maximum absolute atomic E-state index is 13.1. The molecule has 3 heterocycles. The number of thiophene rings is 1. The number of sulfonamides is 1. The van der Waals surface area contributed by atoms with E-state index >= 15 is 0 Å². The predicted octanol–water partition coefficient (Wildman–Crippen LogP) is 4.49. The largest absolute Gasteiger partial charge is 0.311 e. The number of carbonyl (C=O) groups is 1. The molecule has 7 nitrogen and oxygen atoms in total. The number of benzene rings is 2. The average molecular weight is 495 g/mol. The van der Waals surface area contributed by atoms with Gasteiger partial charge in [0.25, 0.3) is 10.0 Å². The molecule has 1 N–H and O–H groups in total. The van der Waals surface area contributed by atoms with E-state index in [4.69, 9.17) is 0 Å². The van der Waals surface area contributed by atoms with Crippen LogP contribution in [-0.2, 0) is 21.4 Å². The molecule has 176 valence electrons. The number of amides is 1. The van der Waals surface area contributed by atoms with E-state index in [0.717, 1.165) is 21.2 Å². The molecule has 0 bridgehead atoms. The number of fused-ring (bicyclic) bond motifs is 1. The molecule has 5 rings (SSSR count). The molecule has 4 aromatic rings. The molecule has 1 aliphatic heterocycles. The van der Waals surface area contributed by atoms with E-state index < -0.39 is 15.9 Å². The molecule has 1 saturated heterocycles. The Bertz CT molecular complexity index is 1440. The van der Waals surface area contributed by atoms with Crippen molar-refractivity contribution in [2.45, 2.75) is 30.5 Å². The Hall–Kier alpha value is -3.01. The van der Waals surface area contributed by atoms with E-state index in [9.17, 15) is 13.2 Å². The summed E-state index contributed by atoms with van der Waals surface area (Å²) in [6, 6.07) is 19.6. The van der Waals surface area contributed by atoms with Gasteiger partial charge in [0.05, 0.1) is 18.7 Å². The first-order valence-corrected chi connectivity index (χ1v) is 13.5. The molecule has 2 aromatic carbocycles. The Morgan fingerprint density at radius 3 is 2.76 bits per heavy atom. The van der Waals surface area contributed by atoms with Gasteiger partial charge in [0.1, 0.15) is 10.0 Å². The molecule has 0 radical (unpaired) electrons. The van der Waals surface area contributed by atoms with Gasteiger partial charge in [0.15, 0.2) is 0 Å². The lowest BCUT2D eigenvalue weighted by atomic mass is 9.99. The highest BCUT2D eigenvalue weighted by Crippen LogP contribution is 2.29. The smallest absolute Gasteiger partial charge is 0.252 e. The van der Waals surface area contributed by atoms with Gasteiger partial charge in [-0.1, -0.05) is 42.5 Å². The maximum Gasteiger partial charge on any atom is 0.252 e. The van der Waals surface area contributed by atoms with Gasteiger partial charge < -0.3 is 5.32 Å². The maximum atomic E-state index is 13.1. The second-order valence-corrected chi connectivity index (χ2v) is 12.0. The summed E-state index contributed by atoms with van der Waals surface area (Å²) in [5, 5.41) is 9.70. The second-order valence-electron chi connectivity index (χ2n) is 8.57. The lowest BCUT2D eigenvalue weighted by molar-refractivity contribution is -0.120. The van der Waals surface area contributed by atoms with Crippen molar-refractivity contribution in [2.24, 2.45) is 5.92 Å². The summed E-state index contributed by atoms with van der Waals surface area (Å²) in [4.78, 5) is 14.1. The molecule has 1 fully saturated rings. The number of rotatable bonds is 6. The molecular formula is C25H26N4O3S2. The van der Waals surface area contributed by atoms with E-state index in [0.29, 0.717) is 36.0 Å². The van der Waals surface area contributed by atoms with Crippen LogP contribution in [0.5, 0.6) is 0 Å². The lowest BCUT2D eigenvalue weighted by Crippen LogP contribution is -2.43. The predicted molar refractivity (Wildman–Crippen MR) is 134 cm³/mol. The minimum Gasteiger partial charge on any atom is -0.311 e. The first-order valence-electron chi connectivity index (χ1n) is 11.3. The standard InChI is InChI=1S/C25H26N4O3S2/c1-18-11-12-24(33-18)34(31,32)28-15-5-9-21(16-28)25(30)27-23-13-14-26-29(23)17-20-8-4-7-19-6-2-3-10-22(19)20/h2-4,6-8,10-14,21H,5,9,15-17H2,1H3,(H,27,30). The fourth-order valence-corrected chi connectivity index (χ4v) is 7.40. The van der Waals surface area contributed by atoms with E-state index in [1.807, 2.05) is 31.2 Å². The number of hydrogen-bond donors (Lipinski definition) is 1. The Labute approximate surface area is 203 Å². The van der Waals surface area contributed by atoms with Crippen LogP contribution in [0.25, 0.3) is 10.8 Å². The highest BCUT2D eigenvalue weighted by Gasteiger charge is 2.34. The van der Waals surface area contributed by atoms with Gasteiger partial charge in [-0.25, -0.2) is 13.1 Å². The normalized spacial score (nSPS) is 17.1. The third-order valence-corrected chi connectivity index (χ3v) is 9.57. The lowest BCUT2D eigenvalue weighted by Gasteiger charge is -2.30. The van der Waals surface area contributed by atoms with Crippen LogP contribution in [0.3, 0.4) is 0 Å². The fourth-order valence-electron chi connectivity index (χ4n) is 4.44. The van der Waals surface area contributed by atoms with Crippen molar-refractivity contribution in [1.82, 2.24) is 14.1 Å². The monoisotopic (exact) mass is 494 g/mol. The first kappa shape index (κ1) is 22.8. The summed E-state index contributed by atoms with van der Waals surface area (Å²) in [6.45, 7) is 3.02. The quantitative estimate of drug-likeness (QED) is 0.428. The van der Waals surface area contributed by atoms with Crippen molar-refractivity contribution < 1.29 is 13.2 Å². The summed E-state index contributed by atoms with van der Waals surface area (Å²) < 4.78 is 29.6. The summed E-state index contributed by atoms with van der Waals surface area (Å²) in [5.41, 5.74) is 1.11. The van der Waals surface area contributed by atoms with Crippen molar-refractivity contribution in [3.63, 3.8) is 0 Å². The number of aromatic nitrogens is 2. The second kappa shape index (κ2) is 9.32. The zero-order valence-electron chi connectivity index (χ0n) is 18.8. The van der Waals surface area contributed by atoms with Gasteiger partial charge in [-0.2, -0.15) is 9.40 Å². The molecule has 1 amide bonds. The first-order chi connectivity index (χ1) is 16.4. The van der Waals surface area contributed by atoms with Crippen molar-refractivity contribution in [3.05, 3.63) is 77.3 Å². The van der Waals surface area contributed by atoms with Crippen molar-refractivity contribution in [1.29, 1.82) is 0 Å². The average Bonchev–Trinajstić information content (AvgIpc) is 3.48. The summed E-state index contributed by atoms with van der Waals surface area (Å²) in [7, 11) is -3.59. The molecule has 1 aliphatic rings. The highest BCUT2D eigenvalue weighted by atomic mass is 32.2. The number of aryl methyl sites for hydroxylation is 1. The molecular weight excluding hydrogens is 468 g/mol. The summed E-state index contributed by atoms with van der Waals surface area (Å²) >= 11 is 1.26. The van der Waals surface area contributed by atoms with Crippen LogP contribution in [0.15, 0.2) is 71.1 Å². The van der Waals surface area contributed by atoms with Gasteiger partial charge in [0.2, 0.25) is 5.91 Å². The highest BCUT2D eigenvalue weighted by molar-refractivity contribution is 7.91. The molecule has 2 aromatic heterocycles. The van der Waals surface area contributed by atoms with E-state index in [1.54, 1.807) is 23.0 Å². The molecule has 0 aliphatic carbocycles. The summed E-state index contributed by atoms with van der Waals surface area (Å²) in [5.74, 6) is 0.0132. The van der Waals surface area contributed by atoms with Crippen molar-refractivity contribution in [2.75, 3.05) is 18.4 Å². The topological polar surface area (TPSA) is 84.3 Å². The molecule has 0 spiro atoms. The third kappa shape index (κ3) is 4.51. The van der Waals surface area contributed by atoms with Crippen LogP contribution >= 0.6 is 11.3 Å². The van der Waals surface area contributed by atoms with Gasteiger partial charge in [-0.15, -0.1) is 11.3 Å². The number of piperidine rings is 1. The minimum atomic E-state index is -3.59. The van der Waals surface area contributed by atoms with Crippen LogP contribution in [0.4, 0.5) is 5.82 Å². The van der Waals surface area contributed by atoms with Gasteiger partial charge in [0, 0.05) is 24.0 Å². The third-order valence-electron chi connectivity index (χ3n) is 6.23. The number of nitrogens with zero attached hydrogens (tertiary/aromatic N) is 3. The SMILES string of the molecule is Cc1ccc(S(=O)(=O)N2CCCC(C(=O)Nc3ccnn3Cc3cccc4ccccc34)C2)s1. The van der Waals surface area contributed by atoms with E-state index in [1.165, 1.54) is 15.6 Å². The molecule has 9 heteroatoms. The minimum absolute atomic E-state index is 0.179. The van der Waals surface area contributed by atoms with Crippen LogP contribution in [0.2, 0.25) is 0 Å². The zero-order chi connectivity index (χ0) is 23.7. The van der Waals surface area contributed by atoms with E-state index in [2.05, 4.69) is 34.7 Å². The van der Waals surface area contributed by atoms with Crippen molar-refractivity contribution in [3.8, 4) is 0 Å².